The largest absolute Gasteiger partial charge is 0.459 e. The molecule has 1 amide bonds. The molecule has 8 nitrogen and oxygen atoms in total. The van der Waals surface area contributed by atoms with E-state index in [4.69, 9.17) is 4.74 Å². The molecule has 31 heavy (non-hydrogen) atoms. The maximum Gasteiger partial charge on any atom is 0.326 e. The minimum atomic E-state index is -3.51. The number of likely N-dealkylation sites (N-methyl/N-ethyl adjacent to an activating group) is 1. The van der Waals surface area contributed by atoms with Crippen LogP contribution in [-0.2, 0) is 24.3 Å². The van der Waals surface area contributed by atoms with Crippen LogP contribution in [0.15, 0.2) is 35.2 Å². The third-order valence-corrected chi connectivity index (χ3v) is 5.91. The van der Waals surface area contributed by atoms with E-state index >= 15 is 0 Å². The lowest BCUT2D eigenvalue weighted by Gasteiger charge is -2.25. The van der Waals surface area contributed by atoms with E-state index < -0.39 is 21.6 Å². The number of carbonyl (C=O) groups excluding carboxylic acids is 2. The maximum atomic E-state index is 12.7. The smallest absolute Gasteiger partial charge is 0.326 e. The highest BCUT2D eigenvalue weighted by molar-refractivity contribution is 7.89. The van der Waals surface area contributed by atoms with Crippen LogP contribution in [0.3, 0.4) is 0 Å². The van der Waals surface area contributed by atoms with Crippen molar-refractivity contribution in [2.45, 2.75) is 50.2 Å². The van der Waals surface area contributed by atoms with E-state index in [1.54, 1.807) is 39.0 Å². The summed E-state index contributed by atoms with van der Waals surface area (Å²) in [4.78, 5) is 28.4. The molecule has 1 aliphatic carbocycles. The van der Waals surface area contributed by atoms with E-state index in [2.05, 4.69) is 4.72 Å². The molecule has 0 aromatic heterocycles. The number of ether oxygens (including phenoxy) is 1. The topological polar surface area (TPSA) is 96.0 Å². The summed E-state index contributed by atoms with van der Waals surface area (Å²) >= 11 is 0. The second kappa shape index (κ2) is 10.4. The SMILES string of the molecule is CN(C)CCN(CC(=O)OC(C)(C)C)C(=O)/C=C/c1ccc(S(=O)(=O)NC2CC2)cc1. The first-order valence-electron chi connectivity index (χ1n) is 10.3. The Labute approximate surface area is 185 Å². The van der Waals surface area contributed by atoms with Gasteiger partial charge in [-0.3, -0.25) is 9.59 Å². The molecule has 2 rings (SSSR count). The zero-order valence-corrected chi connectivity index (χ0v) is 19.7. The first kappa shape index (κ1) is 25.0. The summed E-state index contributed by atoms with van der Waals surface area (Å²) in [5, 5.41) is 0. The lowest BCUT2D eigenvalue weighted by molar-refractivity contribution is -0.158. The van der Waals surface area contributed by atoms with E-state index in [-0.39, 0.29) is 23.4 Å². The second-order valence-electron chi connectivity index (χ2n) is 8.95. The molecule has 0 aliphatic heterocycles. The van der Waals surface area contributed by atoms with Gasteiger partial charge in [-0.25, -0.2) is 13.1 Å². The van der Waals surface area contributed by atoms with Crippen molar-refractivity contribution in [2.24, 2.45) is 0 Å². The van der Waals surface area contributed by atoms with Crippen molar-refractivity contribution < 1.29 is 22.7 Å². The van der Waals surface area contributed by atoms with Crippen molar-refractivity contribution in [3.05, 3.63) is 35.9 Å². The number of sulfonamides is 1. The summed E-state index contributed by atoms with van der Waals surface area (Å²) in [6.07, 6.45) is 4.72. The van der Waals surface area contributed by atoms with Crippen LogP contribution in [0.2, 0.25) is 0 Å². The van der Waals surface area contributed by atoms with Crippen LogP contribution in [0.5, 0.6) is 0 Å². The van der Waals surface area contributed by atoms with Crippen molar-refractivity contribution in [1.82, 2.24) is 14.5 Å². The van der Waals surface area contributed by atoms with Crippen LogP contribution in [0.25, 0.3) is 6.08 Å². The molecular formula is C22H33N3O5S. The molecule has 1 aromatic carbocycles. The predicted molar refractivity (Wildman–Crippen MR) is 120 cm³/mol. The van der Waals surface area contributed by atoms with Gasteiger partial charge in [0.05, 0.1) is 4.90 Å². The minimum Gasteiger partial charge on any atom is -0.459 e. The molecule has 1 N–H and O–H groups in total. The van der Waals surface area contributed by atoms with Gasteiger partial charge in [0.1, 0.15) is 12.1 Å². The molecule has 0 spiro atoms. The number of nitrogens with one attached hydrogen (secondary N) is 1. The summed E-state index contributed by atoms with van der Waals surface area (Å²) in [5.74, 6) is -0.787. The van der Waals surface area contributed by atoms with Gasteiger partial charge >= 0.3 is 5.97 Å². The number of rotatable bonds is 10. The molecule has 1 aliphatic rings. The Balaban J connectivity index is 2.04. The van der Waals surface area contributed by atoms with Gasteiger partial charge in [0.2, 0.25) is 15.9 Å². The molecular weight excluding hydrogens is 418 g/mol. The number of carbonyl (C=O) groups is 2. The third-order valence-electron chi connectivity index (χ3n) is 4.38. The fourth-order valence-corrected chi connectivity index (χ4v) is 3.94. The highest BCUT2D eigenvalue weighted by Gasteiger charge is 2.27. The Hall–Kier alpha value is -2.23. The molecule has 0 radical (unpaired) electrons. The van der Waals surface area contributed by atoms with Gasteiger partial charge in [0.25, 0.3) is 0 Å². The van der Waals surface area contributed by atoms with Crippen LogP contribution < -0.4 is 4.72 Å². The molecule has 172 valence electrons. The van der Waals surface area contributed by atoms with Crippen LogP contribution in [0.4, 0.5) is 0 Å². The lowest BCUT2D eigenvalue weighted by Crippen LogP contribution is -2.41. The van der Waals surface area contributed by atoms with Crippen LogP contribution in [0, 0.1) is 0 Å². The first-order chi connectivity index (χ1) is 14.4. The van der Waals surface area contributed by atoms with Crippen LogP contribution in [-0.4, -0.2) is 75.5 Å². The van der Waals surface area contributed by atoms with Gasteiger partial charge < -0.3 is 14.5 Å². The summed E-state index contributed by atoms with van der Waals surface area (Å²) in [6.45, 7) is 6.17. The van der Waals surface area contributed by atoms with Gasteiger partial charge in [0.15, 0.2) is 0 Å². The van der Waals surface area contributed by atoms with Crippen LogP contribution >= 0.6 is 0 Å². The van der Waals surface area contributed by atoms with Crippen LogP contribution in [0.1, 0.15) is 39.2 Å². The number of hydrogen-bond acceptors (Lipinski definition) is 6. The average molecular weight is 452 g/mol. The fourth-order valence-electron chi connectivity index (χ4n) is 2.64. The second-order valence-corrected chi connectivity index (χ2v) is 10.7. The highest BCUT2D eigenvalue weighted by atomic mass is 32.2. The molecule has 1 aromatic rings. The van der Waals surface area contributed by atoms with E-state index in [0.717, 1.165) is 12.8 Å². The van der Waals surface area contributed by atoms with Crippen molar-refractivity contribution in [2.75, 3.05) is 33.7 Å². The van der Waals surface area contributed by atoms with Gasteiger partial charge in [0, 0.05) is 25.2 Å². The Kier molecular flexibility index (Phi) is 8.39. The van der Waals surface area contributed by atoms with E-state index in [1.807, 2.05) is 19.0 Å². The third kappa shape index (κ3) is 9.20. The van der Waals surface area contributed by atoms with Gasteiger partial charge in [-0.2, -0.15) is 0 Å². The van der Waals surface area contributed by atoms with Gasteiger partial charge in [-0.1, -0.05) is 12.1 Å². The number of benzene rings is 1. The molecule has 1 fully saturated rings. The van der Waals surface area contributed by atoms with E-state index in [0.29, 0.717) is 18.7 Å². The molecule has 1 saturated carbocycles. The summed E-state index contributed by atoms with van der Waals surface area (Å²) < 4.78 is 32.4. The monoisotopic (exact) mass is 451 g/mol. The first-order valence-corrected chi connectivity index (χ1v) is 11.8. The molecule has 9 heteroatoms. The zero-order valence-electron chi connectivity index (χ0n) is 18.9. The number of hydrogen-bond donors (Lipinski definition) is 1. The van der Waals surface area contributed by atoms with Crippen molar-refractivity contribution in [3.63, 3.8) is 0 Å². The van der Waals surface area contributed by atoms with Gasteiger partial charge in [-0.05, 0) is 71.5 Å². The normalized spacial score (nSPS) is 14.8. The molecule has 0 bridgehead atoms. The lowest BCUT2D eigenvalue weighted by atomic mass is 10.2. The van der Waals surface area contributed by atoms with E-state index in [1.165, 1.54) is 23.1 Å². The highest BCUT2D eigenvalue weighted by Crippen LogP contribution is 2.22. The Bertz CT molecular complexity index is 898. The summed E-state index contributed by atoms with van der Waals surface area (Å²) in [5.41, 5.74) is 0.0585. The van der Waals surface area contributed by atoms with Crippen molar-refractivity contribution in [3.8, 4) is 0 Å². The minimum absolute atomic E-state index is 0.0420. The Morgan fingerprint density at radius 2 is 1.74 bits per heavy atom. The maximum absolute atomic E-state index is 12.7. The average Bonchev–Trinajstić information content (AvgIpc) is 3.45. The fraction of sp³-hybridized carbons (Fsp3) is 0.545. The van der Waals surface area contributed by atoms with Crippen molar-refractivity contribution >= 4 is 28.0 Å². The molecule has 0 heterocycles. The number of amides is 1. The number of esters is 1. The Morgan fingerprint density at radius 1 is 1.13 bits per heavy atom. The quantitative estimate of drug-likeness (QED) is 0.431. The van der Waals surface area contributed by atoms with Crippen molar-refractivity contribution in [1.29, 1.82) is 0 Å². The molecule has 0 unspecified atom stereocenters. The summed E-state index contributed by atoms with van der Waals surface area (Å²) in [6, 6.07) is 6.35. The Morgan fingerprint density at radius 3 is 2.26 bits per heavy atom. The van der Waals surface area contributed by atoms with Gasteiger partial charge in [-0.15, -0.1) is 0 Å². The number of nitrogens with zero attached hydrogens (tertiary/aromatic N) is 2. The molecule has 0 atom stereocenters. The molecule has 0 saturated heterocycles. The standard InChI is InChI=1S/C22H33N3O5S/c1-22(2,3)30-21(27)16-25(15-14-24(4)5)20(26)13-8-17-6-11-19(12-7-17)31(28,29)23-18-9-10-18/h6-8,11-13,18,23H,9-10,14-16H2,1-5H3/b13-8+. The zero-order chi connectivity index (χ0) is 23.2. The predicted octanol–water partition coefficient (Wildman–Crippen LogP) is 1.87. The summed E-state index contributed by atoms with van der Waals surface area (Å²) in [7, 11) is 0.269. The van der Waals surface area contributed by atoms with E-state index in [9.17, 15) is 18.0 Å².